The van der Waals surface area contributed by atoms with E-state index in [-0.39, 0.29) is 6.04 Å². The molecule has 0 amide bonds. The van der Waals surface area contributed by atoms with Gasteiger partial charge in [0.25, 0.3) is 0 Å². The summed E-state index contributed by atoms with van der Waals surface area (Å²) < 4.78 is 38.4. The average molecular weight is 311 g/mol. The number of piperidine rings is 1. The molecule has 6 heteroatoms. The molecule has 0 spiro atoms. The van der Waals surface area contributed by atoms with Crippen LogP contribution in [0.5, 0.6) is 0 Å². The van der Waals surface area contributed by atoms with Crippen LogP contribution in [0.15, 0.2) is 29.2 Å². The van der Waals surface area contributed by atoms with Crippen LogP contribution in [0.3, 0.4) is 0 Å². The average Bonchev–Trinajstić information content (AvgIpc) is 3.02. The van der Waals surface area contributed by atoms with E-state index in [9.17, 15) is 8.42 Å². The summed E-state index contributed by atoms with van der Waals surface area (Å²) in [6.07, 6.45) is 2.25. The lowest BCUT2D eigenvalue weighted by Crippen LogP contribution is -2.50. The van der Waals surface area contributed by atoms with Crippen LogP contribution in [0.2, 0.25) is 0 Å². The lowest BCUT2D eigenvalue weighted by molar-refractivity contribution is -0.0913. The van der Waals surface area contributed by atoms with Gasteiger partial charge >= 0.3 is 0 Å². The molecule has 1 aromatic rings. The van der Waals surface area contributed by atoms with E-state index in [1.54, 1.807) is 16.4 Å². The van der Waals surface area contributed by atoms with Gasteiger partial charge in [-0.1, -0.05) is 24.1 Å². The van der Waals surface area contributed by atoms with Crippen molar-refractivity contribution < 1.29 is 17.9 Å². The first-order valence-electron chi connectivity index (χ1n) is 7.41. The van der Waals surface area contributed by atoms with E-state index in [1.165, 1.54) is 0 Å². The zero-order valence-corrected chi connectivity index (χ0v) is 13.0. The molecule has 0 aliphatic carbocycles. The minimum Gasteiger partial charge on any atom is -0.349 e. The molecular weight excluding hydrogens is 290 g/mol. The summed E-state index contributed by atoms with van der Waals surface area (Å²) >= 11 is 0. The Hall–Kier alpha value is -0.950. The zero-order chi connectivity index (χ0) is 14.9. The van der Waals surface area contributed by atoms with Crippen LogP contribution in [-0.4, -0.2) is 44.8 Å². The van der Waals surface area contributed by atoms with Crippen LogP contribution in [0.1, 0.15) is 24.8 Å². The minimum absolute atomic E-state index is 0.215. The molecule has 1 aromatic carbocycles. The maximum atomic E-state index is 12.9. The fourth-order valence-electron chi connectivity index (χ4n) is 2.95. The van der Waals surface area contributed by atoms with E-state index in [1.807, 2.05) is 19.1 Å². The van der Waals surface area contributed by atoms with Crippen molar-refractivity contribution in [3.05, 3.63) is 29.8 Å². The van der Waals surface area contributed by atoms with Crippen molar-refractivity contribution in [3.8, 4) is 0 Å². The highest BCUT2D eigenvalue weighted by atomic mass is 32.2. The number of rotatable bonds is 3. The van der Waals surface area contributed by atoms with E-state index in [2.05, 4.69) is 0 Å². The first-order chi connectivity index (χ1) is 10.1. The summed E-state index contributed by atoms with van der Waals surface area (Å²) in [6.45, 7) is 3.56. The van der Waals surface area contributed by atoms with Crippen LogP contribution in [0.25, 0.3) is 0 Å². The lowest BCUT2D eigenvalue weighted by atomic mass is 10.0. The molecule has 2 aliphatic rings. The van der Waals surface area contributed by atoms with Crippen LogP contribution in [-0.2, 0) is 19.5 Å². The Kier molecular flexibility index (Phi) is 4.31. The number of aryl methyl sites for hydroxylation is 1. The zero-order valence-electron chi connectivity index (χ0n) is 12.2. The first kappa shape index (κ1) is 15.0. The molecule has 0 saturated carbocycles. The maximum Gasteiger partial charge on any atom is 0.243 e. The second-order valence-corrected chi connectivity index (χ2v) is 7.49. The highest BCUT2D eigenvalue weighted by molar-refractivity contribution is 7.89. The second kappa shape index (κ2) is 6.04. The number of hydrogen-bond donors (Lipinski definition) is 0. The van der Waals surface area contributed by atoms with Crippen LogP contribution in [0, 0.1) is 6.92 Å². The van der Waals surface area contributed by atoms with Gasteiger partial charge < -0.3 is 9.47 Å². The molecule has 2 saturated heterocycles. The molecular formula is C15H21NO4S. The van der Waals surface area contributed by atoms with Crippen molar-refractivity contribution in [2.24, 2.45) is 0 Å². The molecule has 0 radical (unpaired) electrons. The lowest BCUT2D eigenvalue weighted by Gasteiger charge is -2.36. The van der Waals surface area contributed by atoms with Gasteiger partial charge in [-0.05, 0) is 31.9 Å². The van der Waals surface area contributed by atoms with Crippen LogP contribution >= 0.6 is 0 Å². The van der Waals surface area contributed by atoms with Crippen molar-refractivity contribution in [2.45, 2.75) is 43.4 Å². The Labute approximate surface area is 125 Å². The summed E-state index contributed by atoms with van der Waals surface area (Å²) in [5.41, 5.74) is 1.05. The smallest absolute Gasteiger partial charge is 0.243 e. The van der Waals surface area contributed by atoms with Crippen molar-refractivity contribution in [2.75, 3.05) is 19.8 Å². The third-order valence-electron chi connectivity index (χ3n) is 4.09. The fraction of sp³-hybridized carbons (Fsp3) is 0.600. The Morgan fingerprint density at radius 3 is 2.43 bits per heavy atom. The molecule has 2 aliphatic heterocycles. The van der Waals surface area contributed by atoms with E-state index in [0.29, 0.717) is 24.7 Å². The summed E-state index contributed by atoms with van der Waals surface area (Å²) in [5, 5.41) is 0. The molecule has 3 rings (SSSR count). The predicted molar refractivity (Wildman–Crippen MR) is 78.4 cm³/mol. The number of nitrogens with zero attached hydrogens (tertiary/aromatic N) is 1. The van der Waals surface area contributed by atoms with Gasteiger partial charge in [-0.3, -0.25) is 0 Å². The van der Waals surface area contributed by atoms with Gasteiger partial charge in [0, 0.05) is 6.54 Å². The molecule has 116 valence electrons. The molecule has 1 atom stereocenters. The molecule has 21 heavy (non-hydrogen) atoms. The summed E-state index contributed by atoms with van der Waals surface area (Å²) in [7, 11) is -3.49. The second-order valence-electron chi connectivity index (χ2n) is 5.60. The highest BCUT2D eigenvalue weighted by Gasteiger charge is 2.40. The van der Waals surface area contributed by atoms with Gasteiger partial charge in [0.05, 0.1) is 24.2 Å². The molecule has 0 bridgehead atoms. The van der Waals surface area contributed by atoms with Crippen molar-refractivity contribution in [1.29, 1.82) is 0 Å². The monoisotopic (exact) mass is 311 g/mol. The van der Waals surface area contributed by atoms with Crippen molar-refractivity contribution >= 4 is 10.0 Å². The number of sulfonamides is 1. The van der Waals surface area contributed by atoms with Gasteiger partial charge in [0.2, 0.25) is 10.0 Å². The molecule has 0 unspecified atom stereocenters. The summed E-state index contributed by atoms with van der Waals surface area (Å²) in [4.78, 5) is 0.345. The number of benzene rings is 1. The van der Waals surface area contributed by atoms with Gasteiger partial charge in [-0.25, -0.2) is 8.42 Å². The summed E-state index contributed by atoms with van der Waals surface area (Å²) in [5.74, 6) is 0. The third-order valence-corrected chi connectivity index (χ3v) is 6.03. The van der Waals surface area contributed by atoms with Crippen molar-refractivity contribution in [1.82, 2.24) is 4.31 Å². The number of ether oxygens (including phenoxy) is 2. The SMILES string of the molecule is Cc1ccc(S(=O)(=O)N2CCCC[C@@H]2C2OCCO2)cc1. The van der Waals surface area contributed by atoms with Crippen LogP contribution < -0.4 is 0 Å². The van der Waals surface area contributed by atoms with Crippen LogP contribution in [0.4, 0.5) is 0 Å². The number of hydrogen-bond acceptors (Lipinski definition) is 4. The van der Waals surface area contributed by atoms with Gasteiger partial charge in [0.1, 0.15) is 0 Å². The normalized spacial score (nSPS) is 25.3. The largest absolute Gasteiger partial charge is 0.349 e. The van der Waals surface area contributed by atoms with Gasteiger partial charge in [0.15, 0.2) is 6.29 Å². The Morgan fingerprint density at radius 1 is 1.10 bits per heavy atom. The first-order valence-corrected chi connectivity index (χ1v) is 8.85. The highest BCUT2D eigenvalue weighted by Crippen LogP contribution is 2.29. The van der Waals surface area contributed by atoms with E-state index in [4.69, 9.17) is 9.47 Å². The van der Waals surface area contributed by atoms with E-state index >= 15 is 0 Å². The van der Waals surface area contributed by atoms with Crippen molar-refractivity contribution in [3.63, 3.8) is 0 Å². The molecule has 5 nitrogen and oxygen atoms in total. The maximum absolute atomic E-state index is 12.9. The van der Waals surface area contributed by atoms with Gasteiger partial charge in [-0.2, -0.15) is 4.31 Å². The quantitative estimate of drug-likeness (QED) is 0.855. The van der Waals surface area contributed by atoms with E-state index in [0.717, 1.165) is 24.8 Å². The Balaban J connectivity index is 1.89. The molecule has 2 fully saturated rings. The molecule has 2 heterocycles. The topological polar surface area (TPSA) is 55.8 Å². The molecule has 0 aromatic heterocycles. The standard InChI is InChI=1S/C15H21NO4S/c1-12-5-7-13(8-6-12)21(17,18)16-9-3-2-4-14(16)15-19-10-11-20-15/h5-8,14-15H,2-4,9-11H2,1H3/t14-/m1/s1. The third kappa shape index (κ3) is 2.99. The minimum atomic E-state index is -3.49. The predicted octanol–water partition coefficient (Wildman–Crippen LogP) is 1.91. The Morgan fingerprint density at radius 2 is 1.76 bits per heavy atom. The van der Waals surface area contributed by atoms with E-state index < -0.39 is 16.3 Å². The summed E-state index contributed by atoms with van der Waals surface area (Å²) in [6, 6.07) is 6.79. The molecule has 0 N–H and O–H groups in total. The fourth-order valence-corrected chi connectivity index (χ4v) is 4.63. The van der Waals surface area contributed by atoms with Gasteiger partial charge in [-0.15, -0.1) is 0 Å². The Bertz CT molecular complexity index is 578.